The zero-order chi connectivity index (χ0) is 8.23. The molecule has 1 unspecified atom stereocenters. The molecule has 12 heavy (non-hydrogen) atoms. The molecule has 4 heteroatoms. The molecule has 0 radical (unpaired) electrons. The lowest BCUT2D eigenvalue weighted by atomic mass is 10.3. The Balaban J connectivity index is 1.74. The zero-order valence-electron chi connectivity index (χ0n) is 6.82. The molecule has 1 fully saturated rings. The summed E-state index contributed by atoms with van der Waals surface area (Å²) < 4.78 is 5.25. The van der Waals surface area contributed by atoms with Crippen molar-refractivity contribution in [2.45, 2.75) is 19.0 Å². The third kappa shape index (κ3) is 2.03. The van der Waals surface area contributed by atoms with E-state index in [0.717, 1.165) is 31.2 Å². The number of thiazole rings is 1. The summed E-state index contributed by atoms with van der Waals surface area (Å²) in [4.78, 5) is 4.19. The number of hydrogen-bond acceptors (Lipinski definition) is 4. The van der Waals surface area contributed by atoms with E-state index in [4.69, 9.17) is 4.74 Å². The van der Waals surface area contributed by atoms with Gasteiger partial charge >= 0.3 is 0 Å². The van der Waals surface area contributed by atoms with Crippen molar-refractivity contribution in [2.75, 3.05) is 13.2 Å². The van der Waals surface area contributed by atoms with Gasteiger partial charge in [-0.2, -0.15) is 0 Å². The van der Waals surface area contributed by atoms with Gasteiger partial charge in [-0.15, -0.1) is 11.3 Å². The minimum absolute atomic E-state index is 0.536. The highest BCUT2D eigenvalue weighted by Gasteiger charge is 2.14. The van der Waals surface area contributed by atoms with Crippen LogP contribution < -0.4 is 5.32 Å². The first kappa shape index (κ1) is 8.16. The zero-order valence-corrected chi connectivity index (χ0v) is 7.64. The van der Waals surface area contributed by atoms with Crippen LogP contribution in [0, 0.1) is 0 Å². The van der Waals surface area contributed by atoms with Crippen molar-refractivity contribution in [1.29, 1.82) is 0 Å². The molecule has 2 rings (SSSR count). The first-order chi connectivity index (χ1) is 5.95. The molecule has 0 amide bonds. The van der Waals surface area contributed by atoms with Crippen molar-refractivity contribution < 1.29 is 4.74 Å². The van der Waals surface area contributed by atoms with Crippen LogP contribution in [-0.2, 0) is 11.3 Å². The molecule has 0 aliphatic carbocycles. The van der Waals surface area contributed by atoms with E-state index in [-0.39, 0.29) is 0 Å². The van der Waals surface area contributed by atoms with Crippen LogP contribution >= 0.6 is 11.3 Å². The Hall–Kier alpha value is -0.450. The molecule has 3 nitrogen and oxygen atoms in total. The van der Waals surface area contributed by atoms with Crippen LogP contribution in [0.25, 0.3) is 0 Å². The molecular formula is C8H12N2OS. The fourth-order valence-electron chi connectivity index (χ4n) is 1.27. The van der Waals surface area contributed by atoms with Crippen molar-refractivity contribution in [1.82, 2.24) is 10.3 Å². The fourth-order valence-corrected chi connectivity index (χ4v) is 1.83. The normalized spacial score (nSPS) is 23.2. The number of nitrogens with zero attached hydrogens (tertiary/aromatic N) is 1. The topological polar surface area (TPSA) is 34.1 Å². The van der Waals surface area contributed by atoms with E-state index in [2.05, 4.69) is 10.3 Å². The van der Waals surface area contributed by atoms with E-state index in [0.29, 0.717) is 6.04 Å². The summed E-state index contributed by atoms with van der Waals surface area (Å²) in [6.07, 6.45) is 2.97. The summed E-state index contributed by atoms with van der Waals surface area (Å²) in [5, 5.41) is 6.56. The summed E-state index contributed by atoms with van der Waals surface area (Å²) in [5.74, 6) is 0. The quantitative estimate of drug-likeness (QED) is 0.761. The summed E-state index contributed by atoms with van der Waals surface area (Å²) in [7, 11) is 0. The van der Waals surface area contributed by atoms with Gasteiger partial charge in [0.2, 0.25) is 0 Å². The van der Waals surface area contributed by atoms with Gasteiger partial charge in [0.25, 0.3) is 0 Å². The third-order valence-corrected chi connectivity index (χ3v) is 2.73. The summed E-state index contributed by atoms with van der Waals surface area (Å²) in [6, 6.07) is 0.536. The molecule has 1 aromatic heterocycles. The average molecular weight is 184 g/mol. The standard InChI is InChI=1S/C8H12N2OS/c1-3-11-6-7(1)10-5-8-9-2-4-12-8/h2,4,7,10H,1,3,5-6H2. The van der Waals surface area contributed by atoms with Crippen molar-refractivity contribution in [2.24, 2.45) is 0 Å². The van der Waals surface area contributed by atoms with Crippen molar-refractivity contribution in [3.05, 3.63) is 16.6 Å². The molecule has 1 N–H and O–H groups in total. The molecule has 0 saturated carbocycles. The van der Waals surface area contributed by atoms with Gasteiger partial charge in [-0.05, 0) is 6.42 Å². The maximum atomic E-state index is 5.25. The van der Waals surface area contributed by atoms with Gasteiger partial charge in [0.05, 0.1) is 6.61 Å². The molecule has 1 aliphatic heterocycles. The smallest absolute Gasteiger partial charge is 0.106 e. The Morgan fingerprint density at radius 2 is 2.75 bits per heavy atom. The highest BCUT2D eigenvalue weighted by Crippen LogP contribution is 2.07. The maximum absolute atomic E-state index is 5.25. The number of rotatable bonds is 3. The van der Waals surface area contributed by atoms with E-state index in [1.807, 2.05) is 11.6 Å². The van der Waals surface area contributed by atoms with Gasteiger partial charge in [-0.25, -0.2) is 4.98 Å². The Bertz CT molecular complexity index is 219. The first-order valence-electron chi connectivity index (χ1n) is 4.14. The van der Waals surface area contributed by atoms with Crippen LogP contribution in [0.5, 0.6) is 0 Å². The number of ether oxygens (including phenoxy) is 1. The highest BCUT2D eigenvalue weighted by molar-refractivity contribution is 7.09. The molecule has 0 bridgehead atoms. The second-order valence-electron chi connectivity index (χ2n) is 2.87. The average Bonchev–Trinajstić information content (AvgIpc) is 2.74. The molecule has 1 aliphatic rings. The minimum atomic E-state index is 0.536. The van der Waals surface area contributed by atoms with Crippen LogP contribution in [0.3, 0.4) is 0 Å². The molecule has 1 saturated heterocycles. The predicted octanol–water partition coefficient (Wildman–Crippen LogP) is 1.02. The van der Waals surface area contributed by atoms with E-state index < -0.39 is 0 Å². The second-order valence-corrected chi connectivity index (χ2v) is 3.85. The van der Waals surface area contributed by atoms with Crippen LogP contribution in [0.1, 0.15) is 11.4 Å². The molecule has 0 spiro atoms. The van der Waals surface area contributed by atoms with E-state index >= 15 is 0 Å². The van der Waals surface area contributed by atoms with Gasteiger partial charge in [0.15, 0.2) is 0 Å². The predicted molar refractivity (Wildman–Crippen MR) is 48.2 cm³/mol. The summed E-state index contributed by atoms with van der Waals surface area (Å²) in [5.41, 5.74) is 0. The van der Waals surface area contributed by atoms with Gasteiger partial charge in [-0.1, -0.05) is 0 Å². The third-order valence-electron chi connectivity index (χ3n) is 1.96. The van der Waals surface area contributed by atoms with Gasteiger partial charge in [0.1, 0.15) is 5.01 Å². The first-order valence-corrected chi connectivity index (χ1v) is 5.02. The number of nitrogens with one attached hydrogen (secondary N) is 1. The van der Waals surface area contributed by atoms with Gasteiger partial charge in [-0.3, -0.25) is 0 Å². The molecule has 1 aromatic rings. The lowest BCUT2D eigenvalue weighted by Crippen LogP contribution is -2.28. The van der Waals surface area contributed by atoms with Crippen molar-refractivity contribution >= 4 is 11.3 Å². The second kappa shape index (κ2) is 3.98. The molecule has 0 aromatic carbocycles. The minimum Gasteiger partial charge on any atom is -0.380 e. The Kier molecular flexibility index (Phi) is 2.71. The number of hydrogen-bond donors (Lipinski definition) is 1. The molecule has 2 heterocycles. The Morgan fingerprint density at radius 3 is 3.42 bits per heavy atom. The maximum Gasteiger partial charge on any atom is 0.106 e. The lowest BCUT2D eigenvalue weighted by molar-refractivity contribution is 0.190. The molecule has 66 valence electrons. The van der Waals surface area contributed by atoms with Crippen LogP contribution in [-0.4, -0.2) is 24.2 Å². The van der Waals surface area contributed by atoms with Crippen LogP contribution in [0.4, 0.5) is 0 Å². The van der Waals surface area contributed by atoms with E-state index in [9.17, 15) is 0 Å². The lowest BCUT2D eigenvalue weighted by Gasteiger charge is -2.07. The van der Waals surface area contributed by atoms with E-state index in [1.54, 1.807) is 11.3 Å². The fraction of sp³-hybridized carbons (Fsp3) is 0.625. The van der Waals surface area contributed by atoms with Gasteiger partial charge < -0.3 is 10.1 Å². The Labute approximate surface area is 75.8 Å². The largest absolute Gasteiger partial charge is 0.380 e. The van der Waals surface area contributed by atoms with Crippen LogP contribution in [0.15, 0.2) is 11.6 Å². The summed E-state index contributed by atoms with van der Waals surface area (Å²) in [6.45, 7) is 2.63. The van der Waals surface area contributed by atoms with E-state index in [1.165, 1.54) is 0 Å². The van der Waals surface area contributed by atoms with Crippen molar-refractivity contribution in [3.8, 4) is 0 Å². The number of aromatic nitrogens is 1. The molecular weight excluding hydrogens is 172 g/mol. The van der Waals surface area contributed by atoms with Crippen molar-refractivity contribution in [3.63, 3.8) is 0 Å². The SMILES string of the molecule is c1csc(CNC2CCOC2)n1. The van der Waals surface area contributed by atoms with Crippen LogP contribution in [0.2, 0.25) is 0 Å². The van der Waals surface area contributed by atoms with Gasteiger partial charge in [0, 0.05) is 30.8 Å². The highest BCUT2D eigenvalue weighted by atomic mass is 32.1. The molecule has 1 atom stereocenters. The Morgan fingerprint density at radius 1 is 1.75 bits per heavy atom. The monoisotopic (exact) mass is 184 g/mol. The summed E-state index contributed by atoms with van der Waals surface area (Å²) >= 11 is 1.69.